The van der Waals surface area contributed by atoms with Gasteiger partial charge in [0.1, 0.15) is 16.7 Å². The zero-order valence-electron chi connectivity index (χ0n) is 23.7. The highest BCUT2D eigenvalue weighted by Gasteiger charge is 2.26. The monoisotopic (exact) mass is 540 g/mol. The number of carbonyl (C=O) groups is 1. The van der Waals surface area contributed by atoms with E-state index in [0.717, 1.165) is 54.2 Å². The van der Waals surface area contributed by atoms with Gasteiger partial charge in [0.2, 0.25) is 5.91 Å². The lowest BCUT2D eigenvalue weighted by molar-refractivity contribution is -0.132. The van der Waals surface area contributed by atoms with Gasteiger partial charge in [-0.1, -0.05) is 12.1 Å². The average molecular weight is 541 g/mol. The number of piperidine rings is 1. The van der Waals surface area contributed by atoms with Crippen LogP contribution in [0.4, 0.5) is 5.69 Å². The number of nitrogens with zero attached hydrogens (tertiary/aromatic N) is 4. The number of hydrogen-bond acceptors (Lipinski definition) is 5. The van der Waals surface area contributed by atoms with E-state index >= 15 is 0 Å². The zero-order valence-corrected chi connectivity index (χ0v) is 24.6. The van der Waals surface area contributed by atoms with Crippen molar-refractivity contribution in [2.75, 3.05) is 58.8 Å². The van der Waals surface area contributed by atoms with E-state index in [9.17, 15) is 9.00 Å². The molecule has 2 fully saturated rings. The molecule has 4 rings (SSSR count). The van der Waals surface area contributed by atoms with Gasteiger partial charge in [-0.2, -0.15) is 0 Å². The van der Waals surface area contributed by atoms with Gasteiger partial charge in [0.25, 0.3) is 0 Å². The van der Waals surface area contributed by atoms with Crippen LogP contribution in [0.3, 0.4) is 0 Å². The maximum absolute atomic E-state index is 13.2. The van der Waals surface area contributed by atoms with Crippen molar-refractivity contribution in [3.05, 3.63) is 53.1 Å². The number of anilines is 1. The quantitative estimate of drug-likeness (QED) is 0.448. The lowest BCUT2D eigenvalue weighted by Gasteiger charge is -2.38. The van der Waals surface area contributed by atoms with Crippen LogP contribution in [0.25, 0.3) is 0 Å². The van der Waals surface area contributed by atoms with E-state index < -0.39 is 11.0 Å². The van der Waals surface area contributed by atoms with Crippen LogP contribution in [0.1, 0.15) is 48.8 Å². The van der Waals surface area contributed by atoms with Crippen LogP contribution >= 0.6 is 0 Å². The van der Waals surface area contributed by atoms with Gasteiger partial charge in [-0.05, 0) is 93.6 Å². The van der Waals surface area contributed by atoms with E-state index in [4.69, 9.17) is 4.74 Å². The van der Waals surface area contributed by atoms with Gasteiger partial charge in [-0.3, -0.25) is 9.69 Å². The fourth-order valence-corrected chi connectivity index (χ4v) is 6.94. The van der Waals surface area contributed by atoms with Crippen molar-refractivity contribution >= 4 is 22.6 Å². The summed E-state index contributed by atoms with van der Waals surface area (Å²) in [4.78, 5) is 20.7. The second-order valence-corrected chi connectivity index (χ2v) is 12.3. The van der Waals surface area contributed by atoms with Gasteiger partial charge in [0, 0.05) is 58.4 Å². The number of hydrogen-bond donors (Lipinski definition) is 0. The first-order chi connectivity index (χ1) is 18.3. The van der Waals surface area contributed by atoms with E-state index in [1.807, 2.05) is 45.0 Å². The number of benzene rings is 2. The summed E-state index contributed by atoms with van der Waals surface area (Å²) < 4.78 is 20.3. The Labute approximate surface area is 231 Å². The molecular weight excluding hydrogens is 496 g/mol. The highest BCUT2D eigenvalue weighted by atomic mass is 32.2. The highest BCUT2D eigenvalue weighted by Crippen LogP contribution is 2.26. The van der Waals surface area contributed by atoms with Gasteiger partial charge in [-0.25, -0.2) is 8.51 Å². The molecule has 2 aromatic carbocycles. The van der Waals surface area contributed by atoms with Crippen LogP contribution < -0.4 is 9.64 Å². The molecule has 208 valence electrons. The highest BCUT2D eigenvalue weighted by molar-refractivity contribution is 7.82. The predicted molar refractivity (Wildman–Crippen MR) is 155 cm³/mol. The predicted octanol–water partition coefficient (Wildman–Crippen LogP) is 4.38. The SMILES string of the molecule is COc1cc(C)c(S(=O)N(C)CCC(=O)N(C)C2CCN(c3ccc(CN4CCCC4)cc3)CC2)c(C)c1. The molecule has 2 aliphatic rings. The Hall–Kier alpha value is -2.42. The van der Waals surface area contributed by atoms with Crippen LogP contribution in [0.2, 0.25) is 0 Å². The summed E-state index contributed by atoms with van der Waals surface area (Å²) in [6, 6.07) is 13.1. The molecule has 0 aliphatic carbocycles. The van der Waals surface area contributed by atoms with E-state index in [2.05, 4.69) is 34.1 Å². The fraction of sp³-hybridized carbons (Fsp3) is 0.567. The third-order valence-electron chi connectivity index (χ3n) is 8.08. The molecule has 0 radical (unpaired) electrons. The fourth-order valence-electron chi connectivity index (χ4n) is 5.70. The van der Waals surface area contributed by atoms with Crippen LogP contribution in [0.5, 0.6) is 5.75 Å². The zero-order chi connectivity index (χ0) is 27.2. The minimum atomic E-state index is -1.33. The van der Waals surface area contributed by atoms with Crippen molar-refractivity contribution < 1.29 is 13.7 Å². The Kier molecular flexibility index (Phi) is 9.85. The Morgan fingerprint density at radius 1 is 1.00 bits per heavy atom. The van der Waals surface area contributed by atoms with Gasteiger partial charge in [0.05, 0.1) is 12.0 Å². The van der Waals surface area contributed by atoms with Gasteiger partial charge in [0.15, 0.2) is 0 Å². The van der Waals surface area contributed by atoms with Crippen molar-refractivity contribution in [1.29, 1.82) is 0 Å². The van der Waals surface area contributed by atoms with E-state index in [0.29, 0.717) is 13.0 Å². The van der Waals surface area contributed by atoms with Crippen molar-refractivity contribution in [1.82, 2.24) is 14.1 Å². The summed E-state index contributed by atoms with van der Waals surface area (Å²) in [7, 11) is 4.05. The molecule has 0 spiro atoms. The molecule has 0 N–H and O–H groups in total. The molecule has 0 saturated carbocycles. The summed E-state index contributed by atoms with van der Waals surface area (Å²) in [6.45, 7) is 9.74. The first-order valence-electron chi connectivity index (χ1n) is 13.9. The second-order valence-electron chi connectivity index (χ2n) is 10.8. The Bertz CT molecular complexity index is 1090. The number of ether oxygens (including phenoxy) is 1. The average Bonchev–Trinajstić information content (AvgIpc) is 3.44. The third kappa shape index (κ3) is 6.96. The van der Waals surface area contributed by atoms with Gasteiger partial charge < -0.3 is 14.5 Å². The Morgan fingerprint density at radius 3 is 2.18 bits per heavy atom. The van der Waals surface area contributed by atoms with Crippen molar-refractivity contribution in [3.63, 3.8) is 0 Å². The lowest BCUT2D eigenvalue weighted by atomic mass is 10.0. The molecule has 38 heavy (non-hydrogen) atoms. The molecule has 8 heteroatoms. The molecule has 2 saturated heterocycles. The maximum Gasteiger partial charge on any atom is 0.223 e. The number of methoxy groups -OCH3 is 1. The summed E-state index contributed by atoms with van der Waals surface area (Å²) in [5, 5.41) is 0. The number of carbonyl (C=O) groups excluding carboxylic acids is 1. The molecule has 7 nitrogen and oxygen atoms in total. The van der Waals surface area contributed by atoms with Crippen LogP contribution in [-0.4, -0.2) is 84.2 Å². The van der Waals surface area contributed by atoms with Crippen molar-refractivity contribution in [3.8, 4) is 5.75 Å². The van der Waals surface area contributed by atoms with Crippen LogP contribution in [0, 0.1) is 13.8 Å². The molecule has 0 bridgehead atoms. The molecule has 2 heterocycles. The molecule has 1 unspecified atom stereocenters. The summed E-state index contributed by atoms with van der Waals surface area (Å²) in [5.74, 6) is 0.877. The molecule has 1 amide bonds. The Morgan fingerprint density at radius 2 is 1.61 bits per heavy atom. The third-order valence-corrected chi connectivity index (χ3v) is 9.82. The molecule has 0 aromatic heterocycles. The van der Waals surface area contributed by atoms with Gasteiger partial charge in [-0.15, -0.1) is 0 Å². The van der Waals surface area contributed by atoms with Gasteiger partial charge >= 0.3 is 0 Å². The minimum Gasteiger partial charge on any atom is -0.497 e. The molecule has 2 aliphatic heterocycles. The second kappa shape index (κ2) is 13.1. The Balaban J connectivity index is 1.23. The molecule has 2 aromatic rings. The first-order valence-corrected chi connectivity index (χ1v) is 15.0. The first kappa shape index (κ1) is 28.6. The number of amides is 1. The van der Waals surface area contributed by atoms with Crippen molar-refractivity contribution in [2.45, 2.75) is 63.4 Å². The number of rotatable bonds is 10. The lowest BCUT2D eigenvalue weighted by Crippen LogP contribution is -2.46. The number of likely N-dealkylation sites (tertiary alicyclic amines) is 1. The van der Waals surface area contributed by atoms with E-state index in [1.54, 1.807) is 11.4 Å². The van der Waals surface area contributed by atoms with Crippen molar-refractivity contribution in [2.24, 2.45) is 0 Å². The largest absolute Gasteiger partial charge is 0.497 e. The smallest absolute Gasteiger partial charge is 0.223 e. The summed E-state index contributed by atoms with van der Waals surface area (Å²) in [5.41, 5.74) is 4.53. The topological polar surface area (TPSA) is 56.3 Å². The summed E-state index contributed by atoms with van der Waals surface area (Å²) >= 11 is 0. The maximum atomic E-state index is 13.2. The number of aryl methyl sites for hydroxylation is 2. The van der Waals surface area contributed by atoms with E-state index in [-0.39, 0.29) is 11.9 Å². The van der Waals surface area contributed by atoms with E-state index in [1.165, 1.54) is 37.2 Å². The normalized spacial score (nSPS) is 17.7. The summed E-state index contributed by atoms with van der Waals surface area (Å²) in [6.07, 6.45) is 4.92. The molecular formula is C30H44N4O3S. The van der Waals surface area contributed by atoms with Crippen LogP contribution in [-0.2, 0) is 22.3 Å². The minimum absolute atomic E-state index is 0.113. The molecule has 1 atom stereocenters. The van der Waals surface area contributed by atoms with Crippen LogP contribution in [0.15, 0.2) is 41.3 Å². The standard InChI is InChI=1S/C30H44N4O3S/c1-23-20-28(37-5)21-24(2)30(23)38(36)31(3)17-14-29(35)32(4)26-12-18-34(19-13-26)27-10-8-25(9-11-27)22-33-15-6-7-16-33/h8-11,20-21,26H,6-7,12-19,22H2,1-5H3.